The molecule has 0 radical (unpaired) electrons. The van der Waals surface area contributed by atoms with Crippen molar-refractivity contribution >= 4 is 22.0 Å². The van der Waals surface area contributed by atoms with E-state index in [1.807, 2.05) is 54.6 Å². The Labute approximate surface area is 138 Å². The van der Waals surface area contributed by atoms with Crippen LogP contribution in [0.15, 0.2) is 59.1 Å². The number of halogens is 1. The molecule has 2 rings (SSSR count). The summed E-state index contributed by atoms with van der Waals surface area (Å²) in [5.41, 5.74) is 1.86. The lowest BCUT2D eigenvalue weighted by molar-refractivity contribution is 0.132. The van der Waals surface area contributed by atoms with Gasteiger partial charge in [0.2, 0.25) is 0 Å². The number of carbonyl (C=O) groups excluding carboxylic acids is 1. The second kappa shape index (κ2) is 8.56. The quantitative estimate of drug-likeness (QED) is 0.826. The molecule has 0 saturated carbocycles. The van der Waals surface area contributed by atoms with Crippen LogP contribution >= 0.6 is 15.9 Å². The molecular weight excluding hydrogens is 346 g/mol. The molecule has 0 bridgehead atoms. The second-order valence-electron chi connectivity index (χ2n) is 4.82. The fourth-order valence-corrected chi connectivity index (χ4v) is 2.20. The van der Waals surface area contributed by atoms with Crippen molar-refractivity contribution in [2.24, 2.45) is 0 Å². The molecule has 0 fully saturated rings. The molecule has 0 heterocycles. The molecule has 1 amide bonds. The molecule has 0 saturated heterocycles. The van der Waals surface area contributed by atoms with Crippen molar-refractivity contribution in [3.05, 3.63) is 70.2 Å². The summed E-state index contributed by atoms with van der Waals surface area (Å²) in [6.07, 6.45) is -0.602. The molecule has 1 atom stereocenters. The van der Waals surface area contributed by atoms with Gasteiger partial charge in [0.25, 0.3) is 0 Å². The topological polar surface area (TPSA) is 58.6 Å². The van der Waals surface area contributed by atoms with Gasteiger partial charge in [0.1, 0.15) is 0 Å². The zero-order valence-corrected chi connectivity index (χ0v) is 13.6. The van der Waals surface area contributed by atoms with Crippen LogP contribution in [0.2, 0.25) is 0 Å². The van der Waals surface area contributed by atoms with E-state index in [2.05, 4.69) is 21.2 Å². The van der Waals surface area contributed by atoms with E-state index in [0.717, 1.165) is 15.6 Å². The van der Waals surface area contributed by atoms with Crippen LogP contribution in [0, 0.1) is 0 Å². The standard InChI is InChI=1S/C17H18BrNO3/c18-15-8-6-13(7-9-15)10-11-22-17(21)19-12-16(20)14-4-2-1-3-5-14/h1-9,16,20H,10-12H2,(H,19,21)/t16-/m0/s1. The first-order valence-corrected chi connectivity index (χ1v) is 7.82. The van der Waals surface area contributed by atoms with Crippen LogP contribution in [0.3, 0.4) is 0 Å². The molecule has 0 aliphatic heterocycles. The van der Waals surface area contributed by atoms with Gasteiger partial charge in [-0.15, -0.1) is 0 Å². The fourth-order valence-electron chi connectivity index (χ4n) is 1.94. The Bertz CT molecular complexity index is 587. The van der Waals surface area contributed by atoms with Crippen molar-refractivity contribution in [3.63, 3.8) is 0 Å². The largest absolute Gasteiger partial charge is 0.449 e. The van der Waals surface area contributed by atoms with Gasteiger partial charge in [-0.05, 0) is 23.3 Å². The van der Waals surface area contributed by atoms with Crippen LogP contribution in [0.5, 0.6) is 0 Å². The van der Waals surface area contributed by atoms with E-state index in [-0.39, 0.29) is 6.54 Å². The molecule has 0 unspecified atom stereocenters. The Morgan fingerprint density at radius 1 is 1.14 bits per heavy atom. The number of nitrogens with one attached hydrogen (secondary N) is 1. The van der Waals surface area contributed by atoms with Gasteiger partial charge in [-0.2, -0.15) is 0 Å². The van der Waals surface area contributed by atoms with Crippen molar-refractivity contribution in [3.8, 4) is 0 Å². The number of aliphatic hydroxyl groups is 1. The molecule has 0 aliphatic rings. The normalized spacial score (nSPS) is 11.7. The zero-order chi connectivity index (χ0) is 15.8. The van der Waals surface area contributed by atoms with Crippen LogP contribution in [0.4, 0.5) is 4.79 Å². The van der Waals surface area contributed by atoms with E-state index >= 15 is 0 Å². The van der Waals surface area contributed by atoms with Crippen LogP contribution in [0.25, 0.3) is 0 Å². The van der Waals surface area contributed by atoms with Crippen molar-refractivity contribution < 1.29 is 14.6 Å². The van der Waals surface area contributed by atoms with Gasteiger partial charge in [-0.25, -0.2) is 4.79 Å². The van der Waals surface area contributed by atoms with Crippen LogP contribution in [0.1, 0.15) is 17.2 Å². The van der Waals surface area contributed by atoms with Crippen molar-refractivity contribution in [1.82, 2.24) is 5.32 Å². The average Bonchev–Trinajstić information content (AvgIpc) is 2.55. The van der Waals surface area contributed by atoms with E-state index in [1.54, 1.807) is 0 Å². The number of aliphatic hydroxyl groups excluding tert-OH is 1. The Balaban J connectivity index is 1.66. The van der Waals surface area contributed by atoms with E-state index in [9.17, 15) is 9.90 Å². The predicted octanol–water partition coefficient (Wildman–Crippen LogP) is 3.45. The van der Waals surface area contributed by atoms with E-state index < -0.39 is 12.2 Å². The SMILES string of the molecule is O=C(NC[C@H](O)c1ccccc1)OCCc1ccc(Br)cc1. The maximum Gasteiger partial charge on any atom is 0.407 e. The third kappa shape index (κ3) is 5.50. The van der Waals surface area contributed by atoms with Crippen LogP contribution in [-0.4, -0.2) is 24.4 Å². The highest BCUT2D eigenvalue weighted by Crippen LogP contribution is 2.11. The van der Waals surface area contributed by atoms with Gasteiger partial charge in [0.15, 0.2) is 0 Å². The smallest absolute Gasteiger partial charge is 0.407 e. The number of alkyl carbamates (subject to hydrolysis) is 1. The minimum Gasteiger partial charge on any atom is -0.449 e. The fraction of sp³-hybridized carbons (Fsp3) is 0.235. The maximum absolute atomic E-state index is 11.6. The molecule has 0 aliphatic carbocycles. The first kappa shape index (κ1) is 16.5. The number of hydrogen-bond acceptors (Lipinski definition) is 3. The number of benzene rings is 2. The first-order valence-electron chi connectivity index (χ1n) is 7.03. The number of ether oxygens (including phenoxy) is 1. The summed E-state index contributed by atoms with van der Waals surface area (Å²) in [6, 6.07) is 17.0. The third-order valence-corrected chi connectivity index (χ3v) is 3.69. The molecule has 5 heteroatoms. The van der Waals surface area contributed by atoms with Gasteiger partial charge >= 0.3 is 6.09 Å². The average molecular weight is 364 g/mol. The van der Waals surface area contributed by atoms with Crippen molar-refractivity contribution in [2.75, 3.05) is 13.2 Å². The number of hydrogen-bond donors (Lipinski definition) is 2. The van der Waals surface area contributed by atoms with Gasteiger partial charge < -0.3 is 15.2 Å². The predicted molar refractivity (Wildman–Crippen MR) is 88.6 cm³/mol. The highest BCUT2D eigenvalue weighted by Gasteiger charge is 2.09. The van der Waals surface area contributed by atoms with Crippen molar-refractivity contribution in [1.29, 1.82) is 0 Å². The second-order valence-corrected chi connectivity index (χ2v) is 5.74. The Morgan fingerprint density at radius 2 is 1.82 bits per heavy atom. The monoisotopic (exact) mass is 363 g/mol. The lowest BCUT2D eigenvalue weighted by atomic mass is 10.1. The minimum absolute atomic E-state index is 0.126. The lowest BCUT2D eigenvalue weighted by Gasteiger charge is -2.12. The Morgan fingerprint density at radius 3 is 2.50 bits per heavy atom. The molecule has 2 aromatic carbocycles. The van der Waals surface area contributed by atoms with E-state index in [0.29, 0.717) is 13.0 Å². The number of rotatable bonds is 6. The molecule has 2 N–H and O–H groups in total. The highest BCUT2D eigenvalue weighted by atomic mass is 79.9. The summed E-state index contributed by atoms with van der Waals surface area (Å²) < 4.78 is 6.11. The summed E-state index contributed by atoms with van der Waals surface area (Å²) in [6.45, 7) is 0.427. The number of carbonyl (C=O) groups is 1. The molecule has 116 valence electrons. The Kier molecular flexibility index (Phi) is 6.43. The summed E-state index contributed by atoms with van der Waals surface area (Å²) in [4.78, 5) is 11.6. The zero-order valence-electron chi connectivity index (χ0n) is 12.0. The minimum atomic E-state index is -0.736. The number of amides is 1. The Hall–Kier alpha value is -1.85. The molecular formula is C17H18BrNO3. The molecule has 4 nitrogen and oxygen atoms in total. The van der Waals surface area contributed by atoms with Crippen LogP contribution in [-0.2, 0) is 11.2 Å². The van der Waals surface area contributed by atoms with E-state index in [1.165, 1.54) is 0 Å². The molecule has 0 aromatic heterocycles. The van der Waals surface area contributed by atoms with E-state index in [4.69, 9.17) is 4.74 Å². The van der Waals surface area contributed by atoms with Gasteiger partial charge in [0.05, 0.1) is 19.3 Å². The lowest BCUT2D eigenvalue weighted by Crippen LogP contribution is -2.29. The van der Waals surface area contributed by atoms with Gasteiger partial charge in [-0.3, -0.25) is 0 Å². The molecule has 22 heavy (non-hydrogen) atoms. The highest BCUT2D eigenvalue weighted by molar-refractivity contribution is 9.10. The summed E-state index contributed by atoms with van der Waals surface area (Å²) in [5, 5.41) is 12.5. The van der Waals surface area contributed by atoms with Gasteiger partial charge in [-0.1, -0.05) is 58.4 Å². The summed E-state index contributed by atoms with van der Waals surface area (Å²) >= 11 is 3.37. The third-order valence-electron chi connectivity index (χ3n) is 3.16. The molecule has 0 spiro atoms. The summed E-state index contributed by atoms with van der Waals surface area (Å²) in [5.74, 6) is 0. The maximum atomic E-state index is 11.6. The van der Waals surface area contributed by atoms with Crippen LogP contribution < -0.4 is 5.32 Å². The molecule has 2 aromatic rings. The first-order chi connectivity index (χ1) is 10.6. The van der Waals surface area contributed by atoms with Gasteiger partial charge in [0, 0.05) is 10.9 Å². The van der Waals surface area contributed by atoms with Crippen molar-refractivity contribution in [2.45, 2.75) is 12.5 Å². The summed E-state index contributed by atoms with van der Waals surface area (Å²) in [7, 11) is 0.